The van der Waals surface area contributed by atoms with Gasteiger partial charge in [0, 0.05) is 16.8 Å². The molecule has 0 unspecified atom stereocenters. The molecule has 0 bridgehead atoms. The molecule has 29 heavy (non-hydrogen) atoms. The molecule has 3 rings (SSSR count). The highest BCUT2D eigenvalue weighted by atomic mass is 35.5. The van der Waals surface area contributed by atoms with E-state index in [-0.39, 0.29) is 27.6 Å². The third-order valence-electron chi connectivity index (χ3n) is 4.01. The molecule has 0 heterocycles. The fraction of sp³-hybridized carbons (Fsp3) is 0.0476. The number of nitrogens with one attached hydrogen (secondary N) is 1. The fourth-order valence-corrected chi connectivity index (χ4v) is 2.86. The quantitative estimate of drug-likeness (QED) is 0.503. The first-order chi connectivity index (χ1) is 13.7. The van der Waals surface area contributed by atoms with Crippen molar-refractivity contribution >= 4 is 40.8 Å². The molecular weight excluding hydrogens is 420 g/mol. The van der Waals surface area contributed by atoms with Gasteiger partial charge in [-0.05, 0) is 61.0 Å². The average Bonchev–Trinajstić information content (AvgIpc) is 2.67. The topological polar surface area (TPSA) is 75.6 Å². The van der Waals surface area contributed by atoms with E-state index in [0.29, 0.717) is 16.3 Å². The van der Waals surface area contributed by atoms with Crippen LogP contribution in [0, 0.1) is 12.7 Å². The lowest BCUT2D eigenvalue weighted by molar-refractivity contribution is 0.0696. The molecule has 0 spiro atoms. The van der Waals surface area contributed by atoms with Crippen LogP contribution < -0.4 is 10.1 Å². The van der Waals surface area contributed by atoms with Gasteiger partial charge in [-0.3, -0.25) is 4.79 Å². The molecule has 148 valence electrons. The molecule has 2 N–H and O–H groups in total. The summed E-state index contributed by atoms with van der Waals surface area (Å²) in [5.74, 6) is -1.79. The van der Waals surface area contributed by atoms with Crippen LogP contribution in [0.5, 0.6) is 11.5 Å². The number of halogens is 3. The van der Waals surface area contributed by atoms with Crippen LogP contribution >= 0.6 is 23.2 Å². The predicted molar refractivity (Wildman–Crippen MR) is 109 cm³/mol. The molecule has 1 amide bonds. The highest BCUT2D eigenvalue weighted by Crippen LogP contribution is 2.35. The van der Waals surface area contributed by atoms with Gasteiger partial charge in [-0.15, -0.1) is 0 Å². The Morgan fingerprint density at radius 3 is 2.28 bits per heavy atom. The van der Waals surface area contributed by atoms with Crippen LogP contribution in [-0.4, -0.2) is 17.0 Å². The van der Waals surface area contributed by atoms with Gasteiger partial charge in [0.25, 0.3) is 5.91 Å². The van der Waals surface area contributed by atoms with Crippen LogP contribution in [0.15, 0.2) is 54.6 Å². The minimum absolute atomic E-state index is 0.0392. The van der Waals surface area contributed by atoms with Crippen molar-refractivity contribution in [2.45, 2.75) is 6.92 Å². The zero-order valence-electron chi connectivity index (χ0n) is 15.0. The highest BCUT2D eigenvalue weighted by Gasteiger charge is 2.17. The molecular formula is C21H14Cl2FNO4. The molecule has 0 aliphatic rings. The molecule has 0 aromatic heterocycles. The Kier molecular flexibility index (Phi) is 6.06. The van der Waals surface area contributed by atoms with Gasteiger partial charge in [-0.25, -0.2) is 9.18 Å². The SMILES string of the molecule is Cc1cc(C(=O)Nc2ccc(C(=O)O)cc2)c(Oc2ccc(F)cc2Cl)cc1Cl. The number of carboxylic acids is 1. The summed E-state index contributed by atoms with van der Waals surface area (Å²) in [5.41, 5.74) is 1.32. The third-order valence-corrected chi connectivity index (χ3v) is 4.71. The molecule has 0 saturated heterocycles. The van der Waals surface area contributed by atoms with Gasteiger partial charge in [-0.1, -0.05) is 23.2 Å². The average molecular weight is 434 g/mol. The zero-order chi connectivity index (χ0) is 21.1. The lowest BCUT2D eigenvalue weighted by Gasteiger charge is -2.14. The maximum absolute atomic E-state index is 13.3. The van der Waals surface area contributed by atoms with E-state index in [9.17, 15) is 14.0 Å². The Balaban J connectivity index is 1.92. The minimum atomic E-state index is -1.07. The Morgan fingerprint density at radius 2 is 1.66 bits per heavy atom. The maximum atomic E-state index is 13.3. The molecule has 0 radical (unpaired) electrons. The molecule has 5 nitrogen and oxygen atoms in total. The van der Waals surface area contributed by atoms with Crippen molar-refractivity contribution in [3.8, 4) is 11.5 Å². The Hall–Kier alpha value is -3.09. The number of carboxylic acid groups (broad SMARTS) is 1. The second kappa shape index (κ2) is 8.51. The van der Waals surface area contributed by atoms with Gasteiger partial charge in [0.1, 0.15) is 17.3 Å². The molecule has 0 atom stereocenters. The normalized spacial score (nSPS) is 10.5. The maximum Gasteiger partial charge on any atom is 0.335 e. The number of ether oxygens (including phenoxy) is 1. The van der Waals surface area contributed by atoms with Gasteiger partial charge in [0.2, 0.25) is 0 Å². The number of carbonyl (C=O) groups excluding carboxylic acids is 1. The van der Waals surface area contributed by atoms with Gasteiger partial charge in [0.05, 0.1) is 16.1 Å². The number of rotatable bonds is 5. The van der Waals surface area contributed by atoms with Gasteiger partial charge >= 0.3 is 5.97 Å². The molecule has 0 aliphatic heterocycles. The van der Waals surface area contributed by atoms with Crippen molar-refractivity contribution in [3.05, 3.63) is 87.2 Å². The van der Waals surface area contributed by atoms with E-state index in [1.165, 1.54) is 42.5 Å². The summed E-state index contributed by atoms with van der Waals surface area (Å²) in [7, 11) is 0. The third kappa shape index (κ3) is 4.85. The number of hydrogen-bond donors (Lipinski definition) is 2. The van der Waals surface area contributed by atoms with Crippen LogP contribution in [0.3, 0.4) is 0 Å². The number of aromatic carboxylic acids is 1. The van der Waals surface area contributed by atoms with E-state index in [1.54, 1.807) is 13.0 Å². The lowest BCUT2D eigenvalue weighted by Crippen LogP contribution is -2.13. The second-order valence-corrected chi connectivity index (χ2v) is 6.93. The van der Waals surface area contributed by atoms with E-state index in [2.05, 4.69) is 5.32 Å². The van der Waals surface area contributed by atoms with Gasteiger partial charge in [-0.2, -0.15) is 0 Å². The summed E-state index contributed by atoms with van der Waals surface area (Å²) in [6.45, 7) is 1.73. The van der Waals surface area contributed by atoms with Gasteiger partial charge in [0.15, 0.2) is 0 Å². The van der Waals surface area contributed by atoms with Crippen LogP contribution in [-0.2, 0) is 0 Å². The van der Waals surface area contributed by atoms with Crippen molar-refractivity contribution in [2.75, 3.05) is 5.32 Å². The summed E-state index contributed by atoms with van der Waals surface area (Å²) >= 11 is 12.2. The summed E-state index contributed by atoms with van der Waals surface area (Å²) in [4.78, 5) is 23.7. The largest absolute Gasteiger partial charge is 0.478 e. The molecule has 0 saturated carbocycles. The number of hydrogen-bond acceptors (Lipinski definition) is 3. The predicted octanol–water partition coefficient (Wildman–Crippen LogP) is 6.18. The molecule has 3 aromatic carbocycles. The first kappa shape index (κ1) is 20.6. The van der Waals surface area contributed by atoms with E-state index in [4.69, 9.17) is 33.0 Å². The van der Waals surface area contributed by atoms with Crippen molar-refractivity contribution < 1.29 is 23.8 Å². The standard InChI is InChI=1S/C21H14Cl2FNO4/c1-11-8-15(20(26)25-14-5-2-12(3-6-14)21(27)28)19(10-16(11)22)29-18-7-4-13(24)9-17(18)23/h2-10H,1H3,(H,25,26)(H,27,28). The van der Waals surface area contributed by atoms with E-state index < -0.39 is 17.7 Å². The Bertz CT molecular complexity index is 1100. The molecule has 0 aliphatic carbocycles. The fourth-order valence-electron chi connectivity index (χ4n) is 2.50. The number of aryl methyl sites for hydroxylation is 1. The van der Waals surface area contributed by atoms with Crippen molar-refractivity contribution in [2.24, 2.45) is 0 Å². The molecule has 0 fully saturated rings. The first-order valence-corrected chi connectivity index (χ1v) is 9.08. The smallest absolute Gasteiger partial charge is 0.335 e. The minimum Gasteiger partial charge on any atom is -0.478 e. The van der Waals surface area contributed by atoms with Crippen molar-refractivity contribution in [1.29, 1.82) is 0 Å². The molecule has 8 heteroatoms. The summed E-state index contributed by atoms with van der Waals surface area (Å²) in [6.07, 6.45) is 0. The summed E-state index contributed by atoms with van der Waals surface area (Å²) in [5, 5.41) is 12.0. The van der Waals surface area contributed by atoms with E-state index >= 15 is 0 Å². The number of anilines is 1. The summed E-state index contributed by atoms with van der Waals surface area (Å²) < 4.78 is 19.0. The number of carbonyl (C=O) groups is 2. The van der Waals surface area contributed by atoms with Gasteiger partial charge < -0.3 is 15.2 Å². The van der Waals surface area contributed by atoms with Crippen LogP contribution in [0.1, 0.15) is 26.3 Å². The van der Waals surface area contributed by atoms with Crippen LogP contribution in [0.4, 0.5) is 10.1 Å². The van der Waals surface area contributed by atoms with Crippen molar-refractivity contribution in [1.82, 2.24) is 0 Å². The molecule has 3 aromatic rings. The van der Waals surface area contributed by atoms with Crippen LogP contribution in [0.25, 0.3) is 0 Å². The summed E-state index contributed by atoms with van der Waals surface area (Å²) in [6, 6.07) is 12.3. The Morgan fingerprint density at radius 1 is 0.966 bits per heavy atom. The van der Waals surface area contributed by atoms with E-state index in [0.717, 1.165) is 6.07 Å². The monoisotopic (exact) mass is 433 g/mol. The van der Waals surface area contributed by atoms with Crippen molar-refractivity contribution in [3.63, 3.8) is 0 Å². The lowest BCUT2D eigenvalue weighted by atomic mass is 10.1. The Labute approximate surface area is 175 Å². The number of benzene rings is 3. The second-order valence-electron chi connectivity index (χ2n) is 6.11. The van der Waals surface area contributed by atoms with Crippen LogP contribution in [0.2, 0.25) is 10.0 Å². The zero-order valence-corrected chi connectivity index (χ0v) is 16.5. The highest BCUT2D eigenvalue weighted by molar-refractivity contribution is 6.32. The first-order valence-electron chi connectivity index (χ1n) is 8.32. The van der Waals surface area contributed by atoms with E-state index in [1.807, 2.05) is 0 Å². The number of amides is 1.